The number of aliphatic hydroxyl groups excluding tert-OH is 1. The van der Waals surface area contributed by atoms with E-state index in [1.807, 2.05) is 6.92 Å². The van der Waals surface area contributed by atoms with Gasteiger partial charge in [-0.15, -0.1) is 0 Å². The first-order valence-electron chi connectivity index (χ1n) is 3.23. The number of nitrogens with zero attached hydrogens (tertiary/aromatic N) is 1. The zero-order valence-electron chi connectivity index (χ0n) is 5.84. The van der Waals surface area contributed by atoms with Crippen LogP contribution in [-0.4, -0.2) is 9.67 Å². The fraction of sp³-hybridized carbons (Fsp3) is 0.429. The minimum atomic E-state index is -0.286. The largest absolute Gasteiger partial charge is 0.390 e. The predicted octanol–water partition coefficient (Wildman–Crippen LogP) is 1.14. The van der Waals surface area contributed by atoms with E-state index in [0.717, 1.165) is 0 Å². The molecule has 0 fully saturated rings. The van der Waals surface area contributed by atoms with Gasteiger partial charge in [-0.3, -0.25) is 0 Å². The summed E-state index contributed by atoms with van der Waals surface area (Å²) in [6.45, 7) is 2.50. The van der Waals surface area contributed by atoms with Gasteiger partial charge < -0.3 is 9.67 Å². The molecule has 0 radical (unpaired) electrons. The molecule has 2 nitrogen and oxygen atoms in total. The number of halogens is 1. The summed E-state index contributed by atoms with van der Waals surface area (Å²) in [4.78, 5) is 0. The molecule has 0 aliphatic heterocycles. The van der Waals surface area contributed by atoms with Crippen molar-refractivity contribution in [1.82, 2.24) is 4.57 Å². The van der Waals surface area contributed by atoms with Crippen molar-refractivity contribution in [2.24, 2.45) is 0 Å². The van der Waals surface area contributed by atoms with E-state index in [4.69, 9.17) is 5.11 Å². The lowest BCUT2D eigenvalue weighted by molar-refractivity contribution is 0.271. The van der Waals surface area contributed by atoms with Crippen molar-refractivity contribution in [2.75, 3.05) is 0 Å². The topological polar surface area (TPSA) is 25.2 Å². The highest BCUT2D eigenvalue weighted by molar-refractivity contribution is 5.07. The van der Waals surface area contributed by atoms with Gasteiger partial charge in [-0.2, -0.15) is 0 Å². The molecule has 1 aromatic heterocycles. The Morgan fingerprint density at radius 1 is 1.70 bits per heavy atom. The monoisotopic (exact) mass is 143 g/mol. The molecule has 0 bridgehead atoms. The van der Waals surface area contributed by atoms with Gasteiger partial charge in [-0.1, -0.05) is 0 Å². The Balaban J connectivity index is 2.96. The third kappa shape index (κ3) is 1.19. The number of hydrogen-bond donors (Lipinski definition) is 1. The van der Waals surface area contributed by atoms with Gasteiger partial charge >= 0.3 is 0 Å². The van der Waals surface area contributed by atoms with E-state index in [1.54, 1.807) is 4.57 Å². The lowest BCUT2D eigenvalue weighted by Gasteiger charge is -2.00. The summed E-state index contributed by atoms with van der Waals surface area (Å²) in [7, 11) is 0. The third-order valence-electron chi connectivity index (χ3n) is 1.46. The molecule has 10 heavy (non-hydrogen) atoms. The summed E-state index contributed by atoms with van der Waals surface area (Å²) < 4.78 is 14.1. The molecule has 1 rings (SSSR count). The van der Waals surface area contributed by atoms with Gasteiger partial charge in [0.2, 0.25) is 0 Å². The average Bonchev–Trinajstić information content (AvgIpc) is 2.30. The molecule has 0 saturated carbocycles. The van der Waals surface area contributed by atoms with Gasteiger partial charge in [-0.05, 0) is 13.0 Å². The highest BCUT2D eigenvalue weighted by Gasteiger charge is 2.00. The van der Waals surface area contributed by atoms with Gasteiger partial charge in [0.05, 0.1) is 6.61 Å². The van der Waals surface area contributed by atoms with Crippen LogP contribution in [0.4, 0.5) is 4.39 Å². The summed E-state index contributed by atoms with van der Waals surface area (Å²) in [5.41, 5.74) is 0.625. The van der Waals surface area contributed by atoms with Crippen LogP contribution in [0.1, 0.15) is 12.6 Å². The van der Waals surface area contributed by atoms with Gasteiger partial charge in [0.1, 0.15) is 5.82 Å². The second-order valence-corrected chi connectivity index (χ2v) is 2.09. The van der Waals surface area contributed by atoms with Crippen molar-refractivity contribution in [3.8, 4) is 0 Å². The van der Waals surface area contributed by atoms with Crippen LogP contribution in [0.5, 0.6) is 0 Å². The number of hydrogen-bond acceptors (Lipinski definition) is 1. The van der Waals surface area contributed by atoms with Crippen LogP contribution >= 0.6 is 0 Å². The van der Waals surface area contributed by atoms with Crippen LogP contribution < -0.4 is 0 Å². The molecule has 56 valence electrons. The van der Waals surface area contributed by atoms with Crippen molar-refractivity contribution in [3.63, 3.8) is 0 Å². The van der Waals surface area contributed by atoms with Gasteiger partial charge in [-0.25, -0.2) is 4.39 Å². The molecule has 0 aliphatic rings. The van der Waals surface area contributed by atoms with E-state index in [-0.39, 0.29) is 12.4 Å². The van der Waals surface area contributed by atoms with Gasteiger partial charge in [0, 0.05) is 18.4 Å². The first-order chi connectivity index (χ1) is 4.77. The fourth-order valence-electron chi connectivity index (χ4n) is 0.942. The van der Waals surface area contributed by atoms with E-state index in [1.165, 1.54) is 12.3 Å². The first-order valence-corrected chi connectivity index (χ1v) is 3.23. The van der Waals surface area contributed by atoms with E-state index in [2.05, 4.69) is 0 Å². The number of aryl methyl sites for hydroxylation is 1. The minimum Gasteiger partial charge on any atom is -0.390 e. The standard InChI is InChI=1S/C7H10FNO/c1-2-9-4-6(8)3-7(9)5-10/h3-4,10H,2,5H2,1H3. The Morgan fingerprint density at radius 3 is 2.80 bits per heavy atom. The SMILES string of the molecule is CCn1cc(F)cc1CO. The van der Waals surface area contributed by atoms with Crippen LogP contribution in [0.2, 0.25) is 0 Å². The van der Waals surface area contributed by atoms with Crippen LogP contribution in [0.15, 0.2) is 12.3 Å². The van der Waals surface area contributed by atoms with Crippen LogP contribution in [0.25, 0.3) is 0 Å². The number of rotatable bonds is 2. The molecule has 0 atom stereocenters. The molecule has 0 amide bonds. The molecule has 1 aromatic rings. The Bertz CT molecular complexity index is 198. The van der Waals surface area contributed by atoms with E-state index in [0.29, 0.717) is 12.2 Å². The second kappa shape index (κ2) is 2.84. The Labute approximate surface area is 58.9 Å². The molecule has 3 heteroatoms. The fourth-order valence-corrected chi connectivity index (χ4v) is 0.942. The minimum absolute atomic E-state index is 0.0994. The van der Waals surface area contributed by atoms with Crippen molar-refractivity contribution >= 4 is 0 Å². The van der Waals surface area contributed by atoms with Gasteiger partial charge in [0.25, 0.3) is 0 Å². The van der Waals surface area contributed by atoms with Crippen LogP contribution in [0, 0.1) is 5.82 Å². The smallest absolute Gasteiger partial charge is 0.141 e. The van der Waals surface area contributed by atoms with Crippen molar-refractivity contribution in [2.45, 2.75) is 20.1 Å². The maximum absolute atomic E-state index is 12.4. The highest BCUT2D eigenvalue weighted by Crippen LogP contribution is 2.06. The molecule has 1 heterocycles. The lowest BCUT2D eigenvalue weighted by Crippen LogP contribution is -1.97. The Hall–Kier alpha value is -0.830. The third-order valence-corrected chi connectivity index (χ3v) is 1.46. The molecule has 0 unspecified atom stereocenters. The Morgan fingerprint density at radius 2 is 2.40 bits per heavy atom. The van der Waals surface area contributed by atoms with Crippen molar-refractivity contribution in [1.29, 1.82) is 0 Å². The molecular weight excluding hydrogens is 133 g/mol. The normalized spacial score (nSPS) is 10.3. The van der Waals surface area contributed by atoms with Crippen LogP contribution in [-0.2, 0) is 13.2 Å². The summed E-state index contributed by atoms with van der Waals surface area (Å²) in [6, 6.07) is 1.34. The Kier molecular flexibility index (Phi) is 2.06. The lowest BCUT2D eigenvalue weighted by atomic mass is 10.4. The predicted molar refractivity (Wildman–Crippen MR) is 36.0 cm³/mol. The number of aromatic nitrogens is 1. The first kappa shape index (κ1) is 7.28. The van der Waals surface area contributed by atoms with Gasteiger partial charge in [0.15, 0.2) is 0 Å². The second-order valence-electron chi connectivity index (χ2n) is 2.09. The van der Waals surface area contributed by atoms with Crippen LogP contribution in [0.3, 0.4) is 0 Å². The number of aliphatic hydroxyl groups is 1. The molecule has 0 saturated heterocycles. The molecule has 1 N–H and O–H groups in total. The summed E-state index contributed by atoms with van der Waals surface area (Å²) >= 11 is 0. The quantitative estimate of drug-likeness (QED) is 0.659. The zero-order valence-corrected chi connectivity index (χ0v) is 5.84. The van der Waals surface area contributed by atoms with Crippen molar-refractivity contribution in [3.05, 3.63) is 23.8 Å². The maximum Gasteiger partial charge on any atom is 0.141 e. The molecule has 0 aliphatic carbocycles. The summed E-state index contributed by atoms with van der Waals surface area (Å²) in [6.07, 6.45) is 1.38. The van der Waals surface area contributed by atoms with Crippen molar-refractivity contribution < 1.29 is 9.50 Å². The van der Waals surface area contributed by atoms with E-state index >= 15 is 0 Å². The van der Waals surface area contributed by atoms with E-state index < -0.39 is 0 Å². The highest BCUT2D eigenvalue weighted by atomic mass is 19.1. The molecule has 0 aromatic carbocycles. The summed E-state index contributed by atoms with van der Waals surface area (Å²) in [5.74, 6) is -0.286. The molecular formula is C7H10FNO. The summed E-state index contributed by atoms with van der Waals surface area (Å²) in [5, 5.41) is 8.68. The zero-order chi connectivity index (χ0) is 7.56. The average molecular weight is 143 g/mol. The van der Waals surface area contributed by atoms with E-state index in [9.17, 15) is 4.39 Å². The maximum atomic E-state index is 12.4. The molecule has 0 spiro atoms.